The number of aromatic nitrogens is 3. The predicted molar refractivity (Wildman–Crippen MR) is 54.1 cm³/mol. The Balaban J connectivity index is 2.54. The minimum absolute atomic E-state index is 0.0896. The van der Waals surface area contributed by atoms with Crippen LogP contribution in [0.3, 0.4) is 0 Å². The summed E-state index contributed by atoms with van der Waals surface area (Å²) in [5.74, 6) is 1.40. The highest BCUT2D eigenvalue weighted by Crippen LogP contribution is 2.14. The summed E-state index contributed by atoms with van der Waals surface area (Å²) in [6.45, 7) is -0.0896. The quantitative estimate of drug-likeness (QED) is 0.728. The number of rotatable bonds is 2. The van der Waals surface area contributed by atoms with Crippen LogP contribution < -0.4 is 4.90 Å². The zero-order valence-corrected chi connectivity index (χ0v) is 8.15. The van der Waals surface area contributed by atoms with E-state index < -0.39 is 0 Å². The van der Waals surface area contributed by atoms with E-state index in [1.165, 1.54) is 0 Å². The van der Waals surface area contributed by atoms with Gasteiger partial charge in [0.25, 0.3) is 0 Å². The molecule has 2 heterocycles. The Labute approximate surface area is 81.4 Å². The Morgan fingerprint density at radius 1 is 1.36 bits per heavy atom. The van der Waals surface area contributed by atoms with E-state index in [0.29, 0.717) is 11.5 Å². The van der Waals surface area contributed by atoms with Gasteiger partial charge in [-0.05, 0) is 12.1 Å². The molecule has 0 aliphatic heterocycles. The van der Waals surface area contributed by atoms with E-state index in [9.17, 15) is 0 Å². The van der Waals surface area contributed by atoms with Crippen LogP contribution in [0.25, 0.3) is 11.2 Å². The van der Waals surface area contributed by atoms with E-state index in [1.54, 1.807) is 0 Å². The molecule has 14 heavy (non-hydrogen) atoms. The van der Waals surface area contributed by atoms with Crippen LogP contribution in [0, 0.1) is 0 Å². The first-order chi connectivity index (χ1) is 6.70. The Bertz CT molecular complexity index is 449. The van der Waals surface area contributed by atoms with Gasteiger partial charge < -0.3 is 15.0 Å². The van der Waals surface area contributed by atoms with Gasteiger partial charge in [0.2, 0.25) is 0 Å². The van der Waals surface area contributed by atoms with Crippen molar-refractivity contribution in [3.63, 3.8) is 0 Å². The third-order valence-electron chi connectivity index (χ3n) is 1.99. The molecule has 2 aromatic rings. The third-order valence-corrected chi connectivity index (χ3v) is 1.99. The van der Waals surface area contributed by atoms with Gasteiger partial charge in [-0.3, -0.25) is 0 Å². The fourth-order valence-electron chi connectivity index (χ4n) is 1.26. The fraction of sp³-hybridized carbons (Fsp3) is 0.333. The first kappa shape index (κ1) is 8.96. The number of imidazole rings is 1. The van der Waals surface area contributed by atoms with Crippen molar-refractivity contribution >= 4 is 17.0 Å². The van der Waals surface area contributed by atoms with Crippen LogP contribution in [0.15, 0.2) is 12.1 Å². The smallest absolute Gasteiger partial charge is 0.179 e. The highest BCUT2D eigenvalue weighted by atomic mass is 16.3. The highest BCUT2D eigenvalue weighted by Gasteiger charge is 2.04. The first-order valence-corrected chi connectivity index (χ1v) is 4.34. The van der Waals surface area contributed by atoms with Gasteiger partial charge in [0.1, 0.15) is 18.2 Å². The molecule has 0 amide bonds. The minimum Gasteiger partial charge on any atom is -0.388 e. The Morgan fingerprint density at radius 3 is 2.79 bits per heavy atom. The van der Waals surface area contributed by atoms with Gasteiger partial charge in [-0.25, -0.2) is 9.97 Å². The number of anilines is 1. The lowest BCUT2D eigenvalue weighted by atomic mass is 10.4. The minimum atomic E-state index is -0.0896. The Morgan fingerprint density at radius 2 is 2.14 bits per heavy atom. The van der Waals surface area contributed by atoms with E-state index in [-0.39, 0.29) is 6.61 Å². The number of fused-ring (bicyclic) bond motifs is 1. The van der Waals surface area contributed by atoms with Crippen molar-refractivity contribution in [2.24, 2.45) is 0 Å². The number of nitrogens with one attached hydrogen (secondary N) is 1. The van der Waals surface area contributed by atoms with Crippen molar-refractivity contribution in [3.05, 3.63) is 18.0 Å². The molecular formula is C9H12N4O. The third kappa shape index (κ3) is 1.42. The number of aliphatic hydroxyl groups excluding tert-OH is 1. The van der Waals surface area contributed by atoms with Gasteiger partial charge in [0.15, 0.2) is 5.65 Å². The summed E-state index contributed by atoms with van der Waals surface area (Å²) >= 11 is 0. The molecule has 0 atom stereocenters. The van der Waals surface area contributed by atoms with E-state index in [1.807, 2.05) is 31.1 Å². The molecule has 0 bridgehead atoms. The molecule has 0 saturated heterocycles. The van der Waals surface area contributed by atoms with Crippen LogP contribution in [0.1, 0.15) is 5.82 Å². The van der Waals surface area contributed by atoms with Crippen molar-refractivity contribution < 1.29 is 5.11 Å². The Kier molecular flexibility index (Phi) is 2.09. The van der Waals surface area contributed by atoms with Gasteiger partial charge in [0.05, 0.1) is 5.52 Å². The maximum absolute atomic E-state index is 8.89. The molecule has 0 radical (unpaired) electrons. The number of hydrogen-bond donors (Lipinski definition) is 2. The summed E-state index contributed by atoms with van der Waals surface area (Å²) in [5.41, 5.74) is 1.49. The predicted octanol–water partition coefficient (Wildman–Crippen LogP) is 0.516. The largest absolute Gasteiger partial charge is 0.388 e. The second-order valence-corrected chi connectivity index (χ2v) is 3.28. The van der Waals surface area contributed by atoms with Gasteiger partial charge in [0, 0.05) is 14.1 Å². The van der Waals surface area contributed by atoms with E-state index in [2.05, 4.69) is 15.0 Å². The van der Waals surface area contributed by atoms with Gasteiger partial charge >= 0.3 is 0 Å². The average molecular weight is 192 g/mol. The molecule has 2 N–H and O–H groups in total. The standard InChI is InChI=1S/C9H12N4O/c1-13(2)8-4-3-6-9(12-8)11-7(5-14)10-6/h3-4,14H,5H2,1-2H3,(H,10,11,12). The molecular weight excluding hydrogens is 180 g/mol. The average Bonchev–Trinajstić information content (AvgIpc) is 2.58. The van der Waals surface area contributed by atoms with Gasteiger partial charge in [-0.15, -0.1) is 0 Å². The van der Waals surface area contributed by atoms with Crippen molar-refractivity contribution in [2.75, 3.05) is 19.0 Å². The molecule has 0 spiro atoms. The maximum Gasteiger partial charge on any atom is 0.179 e. The summed E-state index contributed by atoms with van der Waals surface area (Å²) in [5, 5.41) is 8.89. The molecule has 5 heteroatoms. The normalized spacial score (nSPS) is 10.8. The molecule has 0 aliphatic carbocycles. The summed E-state index contributed by atoms with van der Waals surface area (Å²) in [7, 11) is 3.85. The van der Waals surface area contributed by atoms with Crippen LogP contribution in [0.4, 0.5) is 5.82 Å². The lowest BCUT2D eigenvalue weighted by Gasteiger charge is -2.09. The zero-order valence-electron chi connectivity index (χ0n) is 8.15. The summed E-state index contributed by atoms with van der Waals surface area (Å²) in [6, 6.07) is 3.81. The van der Waals surface area contributed by atoms with E-state index in [0.717, 1.165) is 11.3 Å². The van der Waals surface area contributed by atoms with Crippen LogP contribution in [-0.2, 0) is 6.61 Å². The molecule has 2 rings (SSSR count). The molecule has 0 saturated carbocycles. The number of pyridine rings is 1. The maximum atomic E-state index is 8.89. The van der Waals surface area contributed by atoms with Crippen LogP contribution in [0.2, 0.25) is 0 Å². The van der Waals surface area contributed by atoms with E-state index in [4.69, 9.17) is 5.11 Å². The highest BCUT2D eigenvalue weighted by molar-refractivity contribution is 5.72. The molecule has 0 aliphatic rings. The van der Waals surface area contributed by atoms with Crippen molar-refractivity contribution in [2.45, 2.75) is 6.61 Å². The second kappa shape index (κ2) is 3.26. The number of hydrogen-bond acceptors (Lipinski definition) is 4. The molecule has 0 fully saturated rings. The number of H-pyrrole nitrogens is 1. The van der Waals surface area contributed by atoms with Crippen molar-refractivity contribution in [3.8, 4) is 0 Å². The molecule has 2 aromatic heterocycles. The SMILES string of the molecule is CN(C)c1ccc2[nH]c(CO)nc2n1. The number of aliphatic hydroxyl groups is 1. The number of nitrogens with zero attached hydrogens (tertiary/aromatic N) is 3. The summed E-state index contributed by atoms with van der Waals surface area (Å²) in [6.07, 6.45) is 0. The Hall–Kier alpha value is -1.62. The monoisotopic (exact) mass is 192 g/mol. The fourth-order valence-corrected chi connectivity index (χ4v) is 1.26. The lowest BCUT2D eigenvalue weighted by Crippen LogP contribution is -2.10. The number of aromatic amines is 1. The summed E-state index contributed by atoms with van der Waals surface area (Å²) < 4.78 is 0. The van der Waals surface area contributed by atoms with Crippen molar-refractivity contribution in [1.82, 2.24) is 15.0 Å². The zero-order chi connectivity index (χ0) is 10.1. The van der Waals surface area contributed by atoms with Crippen LogP contribution in [-0.4, -0.2) is 34.2 Å². The van der Waals surface area contributed by atoms with Crippen molar-refractivity contribution in [1.29, 1.82) is 0 Å². The second-order valence-electron chi connectivity index (χ2n) is 3.28. The first-order valence-electron chi connectivity index (χ1n) is 4.34. The molecule has 5 nitrogen and oxygen atoms in total. The van der Waals surface area contributed by atoms with E-state index >= 15 is 0 Å². The van der Waals surface area contributed by atoms with Crippen LogP contribution >= 0.6 is 0 Å². The van der Waals surface area contributed by atoms with Gasteiger partial charge in [-0.1, -0.05) is 0 Å². The molecule has 74 valence electrons. The topological polar surface area (TPSA) is 65.0 Å². The molecule has 0 unspecified atom stereocenters. The van der Waals surface area contributed by atoms with Crippen LogP contribution in [0.5, 0.6) is 0 Å². The summed E-state index contributed by atoms with van der Waals surface area (Å²) in [4.78, 5) is 13.3. The van der Waals surface area contributed by atoms with Gasteiger partial charge in [-0.2, -0.15) is 0 Å². The molecule has 0 aromatic carbocycles. The lowest BCUT2D eigenvalue weighted by molar-refractivity contribution is 0.273.